The summed E-state index contributed by atoms with van der Waals surface area (Å²) in [5, 5.41) is 19.8. The first kappa shape index (κ1) is 35.6. The standard InChI is InChI=1S/C42H48FNO6/c1-26-30-12-13-33-40(4,31(30)23-32(45)36(26)47)17-19-42(6)34-24-39(3,15-14-38(34,2)16-18-41(33,42)5)37(48)50-21-7-20-49-35(46)22-28(25-44)27-8-10-29(43)11-9-27/h8-13,22-23,34,47H,7,14-21,24H2,1-6H3/b28-22+/t34-,38-,39-,40+,41-,42+/m1/s1. The Morgan fingerprint density at radius 3 is 2.36 bits per heavy atom. The summed E-state index contributed by atoms with van der Waals surface area (Å²) in [5.41, 5.74) is 3.39. The van der Waals surface area contributed by atoms with Crippen LogP contribution >= 0.6 is 0 Å². The minimum atomic E-state index is -0.691. The highest BCUT2D eigenvalue weighted by atomic mass is 19.1. The van der Waals surface area contributed by atoms with E-state index in [1.54, 1.807) is 6.08 Å². The van der Waals surface area contributed by atoms with Gasteiger partial charge in [-0.05, 0) is 116 Å². The molecule has 50 heavy (non-hydrogen) atoms. The van der Waals surface area contributed by atoms with Crippen LogP contribution < -0.4 is 0 Å². The van der Waals surface area contributed by atoms with E-state index in [1.165, 1.54) is 29.8 Å². The number of allylic oxidation sites excluding steroid dienone is 8. The molecule has 3 saturated carbocycles. The number of carbonyl (C=O) groups is 3. The van der Waals surface area contributed by atoms with Crippen LogP contribution in [0.5, 0.6) is 0 Å². The predicted molar refractivity (Wildman–Crippen MR) is 187 cm³/mol. The van der Waals surface area contributed by atoms with Crippen LogP contribution in [-0.2, 0) is 23.9 Å². The lowest BCUT2D eigenvalue weighted by Crippen LogP contribution is -2.62. The molecule has 0 radical (unpaired) electrons. The number of nitriles is 1. The average Bonchev–Trinajstić information content (AvgIpc) is 3.08. The van der Waals surface area contributed by atoms with E-state index in [0.717, 1.165) is 62.2 Å². The van der Waals surface area contributed by atoms with Gasteiger partial charge in [-0.25, -0.2) is 9.18 Å². The van der Waals surface area contributed by atoms with Gasteiger partial charge in [-0.2, -0.15) is 5.26 Å². The number of hydrogen-bond donors (Lipinski definition) is 1. The molecule has 0 spiro atoms. The number of rotatable bonds is 7. The Labute approximate surface area is 294 Å². The summed E-state index contributed by atoms with van der Waals surface area (Å²) in [4.78, 5) is 38.9. The van der Waals surface area contributed by atoms with E-state index in [4.69, 9.17) is 9.47 Å². The van der Waals surface area contributed by atoms with Gasteiger partial charge >= 0.3 is 11.9 Å². The van der Waals surface area contributed by atoms with Gasteiger partial charge < -0.3 is 14.6 Å². The van der Waals surface area contributed by atoms with Crippen molar-refractivity contribution >= 4 is 23.3 Å². The summed E-state index contributed by atoms with van der Waals surface area (Å²) in [6.45, 7) is 13.5. The molecule has 5 aliphatic rings. The molecule has 0 aromatic heterocycles. The Morgan fingerprint density at radius 2 is 1.66 bits per heavy atom. The molecular weight excluding hydrogens is 633 g/mol. The Balaban J connectivity index is 1.12. The van der Waals surface area contributed by atoms with Crippen LogP contribution in [0.25, 0.3) is 5.57 Å². The fourth-order valence-corrected chi connectivity index (χ4v) is 10.2. The number of fused-ring (bicyclic) bond motifs is 7. The van der Waals surface area contributed by atoms with Gasteiger partial charge in [0.15, 0.2) is 5.76 Å². The number of benzene rings is 1. The van der Waals surface area contributed by atoms with Crippen LogP contribution in [0.1, 0.15) is 98.5 Å². The average molecular weight is 682 g/mol. The SMILES string of the molecule is CC1=C(O)C(=O)C=C2C1=CC=C1[C@@]2(C)CC[C@@]2(C)[C@@H]3C[C@](C)(C(=O)OCCCOC(=O)/C=C(\C#N)c4ccc(F)cc4)CC[C@]3(C)CC[C@]12C. The van der Waals surface area contributed by atoms with E-state index >= 15 is 0 Å². The van der Waals surface area contributed by atoms with Crippen molar-refractivity contribution in [1.82, 2.24) is 0 Å². The van der Waals surface area contributed by atoms with Crippen molar-refractivity contribution in [3.8, 4) is 6.07 Å². The molecular formula is C42H48FNO6. The van der Waals surface area contributed by atoms with Crippen molar-refractivity contribution < 1.29 is 33.4 Å². The summed E-state index contributed by atoms with van der Waals surface area (Å²) in [7, 11) is 0. The molecule has 6 rings (SSSR count). The smallest absolute Gasteiger partial charge is 0.332 e. The molecule has 0 unspecified atom stereocenters. The maximum Gasteiger partial charge on any atom is 0.332 e. The van der Waals surface area contributed by atoms with Gasteiger partial charge in [-0.3, -0.25) is 9.59 Å². The summed E-state index contributed by atoms with van der Waals surface area (Å²) in [6, 6.07) is 7.23. The number of nitrogens with zero attached hydrogens (tertiary/aromatic N) is 1. The van der Waals surface area contributed by atoms with Crippen LogP contribution in [-0.4, -0.2) is 36.0 Å². The molecule has 1 N–H and O–H groups in total. The van der Waals surface area contributed by atoms with Crippen molar-refractivity contribution in [2.75, 3.05) is 13.2 Å². The molecule has 0 amide bonds. The van der Waals surface area contributed by atoms with E-state index in [-0.39, 0.29) is 63.9 Å². The summed E-state index contributed by atoms with van der Waals surface area (Å²) in [6.07, 6.45) is 13.8. The molecule has 0 aliphatic heterocycles. The first-order valence-corrected chi connectivity index (χ1v) is 17.8. The molecule has 3 fully saturated rings. The summed E-state index contributed by atoms with van der Waals surface area (Å²) >= 11 is 0. The van der Waals surface area contributed by atoms with Crippen molar-refractivity contribution in [2.24, 2.45) is 33.0 Å². The first-order valence-electron chi connectivity index (χ1n) is 17.8. The minimum Gasteiger partial charge on any atom is -0.504 e. The second kappa shape index (κ2) is 12.5. The molecule has 8 heteroatoms. The van der Waals surface area contributed by atoms with E-state index < -0.39 is 17.2 Å². The maximum atomic E-state index is 13.7. The maximum absolute atomic E-state index is 13.7. The van der Waals surface area contributed by atoms with E-state index in [1.807, 2.05) is 19.9 Å². The highest BCUT2D eigenvalue weighted by molar-refractivity contribution is 6.06. The normalized spacial score (nSPS) is 34.8. The van der Waals surface area contributed by atoms with Crippen molar-refractivity contribution in [3.05, 3.63) is 88.0 Å². The first-order chi connectivity index (χ1) is 23.5. The number of aliphatic hydroxyl groups excluding tert-OH is 1. The number of ether oxygens (including phenoxy) is 2. The lowest BCUT2D eigenvalue weighted by Gasteiger charge is -2.70. The number of carbonyl (C=O) groups excluding carboxylic acids is 3. The number of ketones is 1. The van der Waals surface area contributed by atoms with Crippen molar-refractivity contribution in [3.63, 3.8) is 0 Å². The Bertz CT molecular complexity index is 1840. The zero-order chi connectivity index (χ0) is 36.3. The second-order valence-electron chi connectivity index (χ2n) is 16.4. The summed E-state index contributed by atoms with van der Waals surface area (Å²) in [5.74, 6) is -1.55. The second-order valence-corrected chi connectivity index (χ2v) is 16.4. The van der Waals surface area contributed by atoms with Crippen molar-refractivity contribution in [2.45, 2.75) is 92.9 Å². The lowest BCUT2D eigenvalue weighted by atomic mass is 9.34. The van der Waals surface area contributed by atoms with Gasteiger partial charge in [0.25, 0.3) is 0 Å². The quantitative estimate of drug-likeness (QED) is 0.132. The minimum absolute atomic E-state index is 0.0274. The highest BCUT2D eigenvalue weighted by Gasteiger charge is 2.67. The zero-order valence-electron chi connectivity index (χ0n) is 30.1. The van der Waals surface area contributed by atoms with Gasteiger partial charge in [0.1, 0.15) is 11.9 Å². The topological polar surface area (TPSA) is 114 Å². The molecule has 6 atom stereocenters. The van der Waals surface area contributed by atoms with Crippen LogP contribution in [0.2, 0.25) is 0 Å². The molecule has 5 aliphatic carbocycles. The van der Waals surface area contributed by atoms with Gasteiger partial charge in [0.2, 0.25) is 5.78 Å². The molecule has 0 heterocycles. The molecule has 264 valence electrons. The van der Waals surface area contributed by atoms with Gasteiger partial charge in [-0.1, -0.05) is 57.6 Å². The number of esters is 2. The number of aliphatic hydroxyl groups is 1. The molecule has 1 aromatic rings. The van der Waals surface area contributed by atoms with Gasteiger partial charge in [-0.15, -0.1) is 0 Å². The number of hydrogen-bond acceptors (Lipinski definition) is 7. The molecule has 1 aromatic carbocycles. The van der Waals surface area contributed by atoms with E-state index in [9.17, 15) is 29.1 Å². The van der Waals surface area contributed by atoms with Crippen molar-refractivity contribution in [1.29, 1.82) is 5.26 Å². The van der Waals surface area contributed by atoms with E-state index in [0.29, 0.717) is 17.6 Å². The van der Waals surface area contributed by atoms with Crippen LogP contribution in [0.15, 0.2) is 76.6 Å². The Kier molecular flexibility index (Phi) is 8.90. The fraction of sp³-hybridized carbons (Fsp3) is 0.524. The third-order valence-electron chi connectivity index (χ3n) is 13.7. The zero-order valence-corrected chi connectivity index (χ0v) is 30.1. The largest absolute Gasteiger partial charge is 0.504 e. The monoisotopic (exact) mass is 681 g/mol. The lowest BCUT2D eigenvalue weighted by molar-refractivity contribution is -0.182. The molecule has 0 bridgehead atoms. The van der Waals surface area contributed by atoms with Gasteiger partial charge in [0.05, 0.1) is 24.2 Å². The number of halogens is 1. The third kappa shape index (κ3) is 5.58. The van der Waals surface area contributed by atoms with E-state index in [2.05, 4.69) is 39.8 Å². The molecule has 7 nitrogen and oxygen atoms in total. The fourth-order valence-electron chi connectivity index (χ4n) is 10.2. The Morgan fingerprint density at radius 1 is 0.980 bits per heavy atom. The third-order valence-corrected chi connectivity index (χ3v) is 13.7. The van der Waals surface area contributed by atoms with Crippen LogP contribution in [0, 0.1) is 50.1 Å². The van der Waals surface area contributed by atoms with Crippen LogP contribution in [0.4, 0.5) is 4.39 Å². The van der Waals surface area contributed by atoms with Crippen LogP contribution in [0.3, 0.4) is 0 Å². The molecule has 0 saturated heterocycles. The summed E-state index contributed by atoms with van der Waals surface area (Å²) < 4.78 is 24.3. The Hall–Kier alpha value is -4.25. The highest BCUT2D eigenvalue weighted by Crippen LogP contribution is 2.75. The van der Waals surface area contributed by atoms with Gasteiger partial charge in [0, 0.05) is 23.5 Å². The predicted octanol–water partition coefficient (Wildman–Crippen LogP) is 8.84.